The van der Waals surface area contributed by atoms with Gasteiger partial charge in [-0.15, -0.1) is 6.58 Å². The Morgan fingerprint density at radius 3 is 2.42 bits per heavy atom. The van der Waals surface area contributed by atoms with Gasteiger partial charge in [-0.05, 0) is 29.5 Å². The van der Waals surface area contributed by atoms with Crippen molar-refractivity contribution >= 4 is 6.03 Å². The van der Waals surface area contributed by atoms with Gasteiger partial charge in [-0.2, -0.15) is 0 Å². The van der Waals surface area contributed by atoms with E-state index in [1.807, 2.05) is 60.7 Å². The SMILES string of the molecule is C=CCCC(NC(=O)NCc1ccccc1CO)c1ccccc1. The molecule has 2 aromatic carbocycles. The van der Waals surface area contributed by atoms with E-state index >= 15 is 0 Å². The van der Waals surface area contributed by atoms with Crippen molar-refractivity contribution in [2.45, 2.75) is 32.0 Å². The average molecular weight is 324 g/mol. The molecule has 0 fully saturated rings. The maximum Gasteiger partial charge on any atom is 0.315 e. The predicted molar refractivity (Wildman–Crippen MR) is 96.4 cm³/mol. The van der Waals surface area contributed by atoms with Crippen molar-refractivity contribution in [3.63, 3.8) is 0 Å². The Morgan fingerprint density at radius 1 is 1.08 bits per heavy atom. The second-order valence-electron chi connectivity index (χ2n) is 5.58. The minimum Gasteiger partial charge on any atom is -0.392 e. The number of aliphatic hydroxyl groups is 1. The molecular weight excluding hydrogens is 300 g/mol. The van der Waals surface area contributed by atoms with Crippen molar-refractivity contribution in [2.75, 3.05) is 0 Å². The summed E-state index contributed by atoms with van der Waals surface area (Å²) < 4.78 is 0. The number of rotatable bonds is 8. The number of allylic oxidation sites excluding steroid dienone is 1. The summed E-state index contributed by atoms with van der Waals surface area (Å²) >= 11 is 0. The van der Waals surface area contributed by atoms with Gasteiger partial charge >= 0.3 is 6.03 Å². The number of carbonyl (C=O) groups is 1. The second-order valence-corrected chi connectivity index (χ2v) is 5.58. The number of aliphatic hydroxyl groups excluding tert-OH is 1. The first-order chi connectivity index (χ1) is 11.7. The second kappa shape index (κ2) is 9.53. The lowest BCUT2D eigenvalue weighted by Crippen LogP contribution is -2.37. The van der Waals surface area contributed by atoms with Crippen LogP contribution in [0.15, 0.2) is 67.3 Å². The number of hydrogen-bond acceptors (Lipinski definition) is 2. The van der Waals surface area contributed by atoms with Gasteiger partial charge in [-0.3, -0.25) is 0 Å². The fraction of sp³-hybridized carbons (Fsp3) is 0.250. The molecule has 24 heavy (non-hydrogen) atoms. The van der Waals surface area contributed by atoms with E-state index in [1.54, 1.807) is 0 Å². The Labute approximate surface area is 143 Å². The van der Waals surface area contributed by atoms with Gasteiger partial charge in [0.15, 0.2) is 0 Å². The number of benzene rings is 2. The van der Waals surface area contributed by atoms with E-state index in [1.165, 1.54) is 0 Å². The third-order valence-corrected chi connectivity index (χ3v) is 3.89. The third-order valence-electron chi connectivity index (χ3n) is 3.89. The minimum atomic E-state index is -0.222. The zero-order chi connectivity index (χ0) is 17.2. The van der Waals surface area contributed by atoms with E-state index in [-0.39, 0.29) is 18.7 Å². The molecule has 0 aromatic heterocycles. The largest absolute Gasteiger partial charge is 0.392 e. The number of carbonyl (C=O) groups excluding carboxylic acids is 1. The van der Waals surface area contributed by atoms with E-state index < -0.39 is 0 Å². The van der Waals surface area contributed by atoms with E-state index in [4.69, 9.17) is 0 Å². The summed E-state index contributed by atoms with van der Waals surface area (Å²) in [6.45, 7) is 4.09. The van der Waals surface area contributed by atoms with Crippen LogP contribution in [0.5, 0.6) is 0 Å². The predicted octanol–water partition coefficient (Wildman–Crippen LogP) is 3.69. The van der Waals surface area contributed by atoms with Crippen molar-refractivity contribution in [3.8, 4) is 0 Å². The number of nitrogens with one attached hydrogen (secondary N) is 2. The Hall–Kier alpha value is -2.59. The zero-order valence-corrected chi connectivity index (χ0v) is 13.7. The van der Waals surface area contributed by atoms with E-state index in [2.05, 4.69) is 17.2 Å². The normalized spacial score (nSPS) is 11.5. The van der Waals surface area contributed by atoms with Crippen LogP contribution in [0.2, 0.25) is 0 Å². The molecule has 0 aliphatic heterocycles. The van der Waals surface area contributed by atoms with Crippen LogP contribution in [0, 0.1) is 0 Å². The van der Waals surface area contributed by atoms with E-state index in [0.717, 1.165) is 29.5 Å². The Bertz CT molecular complexity index is 656. The quantitative estimate of drug-likeness (QED) is 0.649. The van der Waals surface area contributed by atoms with Crippen molar-refractivity contribution in [3.05, 3.63) is 83.9 Å². The fourth-order valence-electron chi connectivity index (χ4n) is 2.56. The van der Waals surface area contributed by atoms with Crippen LogP contribution in [0.4, 0.5) is 4.79 Å². The number of urea groups is 1. The molecule has 126 valence electrons. The van der Waals surface area contributed by atoms with Gasteiger partial charge in [-0.1, -0.05) is 60.7 Å². The molecular formula is C20H24N2O2. The van der Waals surface area contributed by atoms with Gasteiger partial charge in [-0.25, -0.2) is 4.79 Å². The summed E-state index contributed by atoms with van der Waals surface area (Å²) in [4.78, 5) is 12.3. The lowest BCUT2D eigenvalue weighted by molar-refractivity contribution is 0.235. The van der Waals surface area contributed by atoms with Crippen LogP contribution in [-0.2, 0) is 13.2 Å². The third kappa shape index (κ3) is 5.25. The Kier molecular flexibility index (Phi) is 7.05. The molecule has 0 bridgehead atoms. The molecule has 0 heterocycles. The first-order valence-corrected chi connectivity index (χ1v) is 8.12. The van der Waals surface area contributed by atoms with Gasteiger partial charge in [0.1, 0.15) is 0 Å². The van der Waals surface area contributed by atoms with E-state index in [9.17, 15) is 9.90 Å². The molecule has 0 spiro atoms. The summed E-state index contributed by atoms with van der Waals surface area (Å²) in [5.41, 5.74) is 2.81. The molecule has 2 rings (SSSR count). The number of hydrogen-bond donors (Lipinski definition) is 3. The molecule has 2 amide bonds. The molecule has 4 heteroatoms. The van der Waals surface area contributed by atoms with Crippen molar-refractivity contribution < 1.29 is 9.90 Å². The molecule has 1 atom stereocenters. The highest BCUT2D eigenvalue weighted by Gasteiger charge is 2.13. The molecule has 1 unspecified atom stereocenters. The fourth-order valence-corrected chi connectivity index (χ4v) is 2.56. The molecule has 0 saturated heterocycles. The minimum absolute atomic E-state index is 0.0363. The monoisotopic (exact) mass is 324 g/mol. The Morgan fingerprint density at radius 2 is 1.75 bits per heavy atom. The Balaban J connectivity index is 1.96. The molecule has 4 nitrogen and oxygen atoms in total. The standard InChI is InChI=1S/C20H24N2O2/c1-2-3-13-19(16-9-5-4-6-10-16)22-20(24)21-14-17-11-7-8-12-18(17)15-23/h2,4-12,19,23H,1,3,13-15H2,(H2,21,22,24). The summed E-state index contributed by atoms with van der Waals surface area (Å²) in [6, 6.07) is 17.1. The molecule has 0 saturated carbocycles. The lowest BCUT2D eigenvalue weighted by Gasteiger charge is -2.19. The van der Waals surface area contributed by atoms with Gasteiger partial charge in [0.05, 0.1) is 12.6 Å². The molecule has 0 aliphatic carbocycles. The summed E-state index contributed by atoms with van der Waals surface area (Å²) in [7, 11) is 0. The smallest absolute Gasteiger partial charge is 0.315 e. The topological polar surface area (TPSA) is 61.4 Å². The lowest BCUT2D eigenvalue weighted by atomic mass is 10.0. The highest BCUT2D eigenvalue weighted by atomic mass is 16.3. The van der Waals surface area contributed by atoms with Gasteiger partial charge < -0.3 is 15.7 Å². The van der Waals surface area contributed by atoms with Crippen LogP contribution in [0.3, 0.4) is 0 Å². The first kappa shape index (κ1) is 17.8. The van der Waals surface area contributed by atoms with Crippen LogP contribution >= 0.6 is 0 Å². The highest BCUT2D eigenvalue weighted by Crippen LogP contribution is 2.18. The zero-order valence-electron chi connectivity index (χ0n) is 13.7. The highest BCUT2D eigenvalue weighted by molar-refractivity contribution is 5.74. The molecule has 2 aromatic rings. The maximum atomic E-state index is 12.3. The van der Waals surface area contributed by atoms with Gasteiger partial charge in [0, 0.05) is 6.54 Å². The van der Waals surface area contributed by atoms with Crippen molar-refractivity contribution in [1.82, 2.24) is 10.6 Å². The van der Waals surface area contributed by atoms with Crippen LogP contribution in [0.25, 0.3) is 0 Å². The van der Waals surface area contributed by atoms with Crippen LogP contribution in [0.1, 0.15) is 35.6 Å². The summed E-state index contributed by atoms with van der Waals surface area (Å²) in [5.74, 6) is 0. The van der Waals surface area contributed by atoms with Crippen LogP contribution in [-0.4, -0.2) is 11.1 Å². The summed E-state index contributed by atoms with van der Waals surface area (Å²) in [5, 5.41) is 15.2. The molecule has 0 aliphatic rings. The summed E-state index contributed by atoms with van der Waals surface area (Å²) in [6.07, 6.45) is 3.48. The van der Waals surface area contributed by atoms with Crippen molar-refractivity contribution in [2.24, 2.45) is 0 Å². The van der Waals surface area contributed by atoms with Crippen LogP contribution < -0.4 is 10.6 Å². The molecule has 0 radical (unpaired) electrons. The first-order valence-electron chi connectivity index (χ1n) is 8.12. The number of amides is 2. The van der Waals surface area contributed by atoms with Gasteiger partial charge in [0.2, 0.25) is 0 Å². The van der Waals surface area contributed by atoms with Gasteiger partial charge in [0.25, 0.3) is 0 Å². The maximum absolute atomic E-state index is 12.3. The average Bonchev–Trinajstić information content (AvgIpc) is 2.64. The molecule has 3 N–H and O–H groups in total. The van der Waals surface area contributed by atoms with Crippen molar-refractivity contribution in [1.29, 1.82) is 0 Å². The van der Waals surface area contributed by atoms with E-state index in [0.29, 0.717) is 6.54 Å².